The number of nitrogens with one attached hydrogen (secondary N) is 1. The van der Waals surface area contributed by atoms with Gasteiger partial charge in [0, 0.05) is 23.4 Å². The SMILES string of the molecule is O=C(Nc1nnc(SCc2cccc([N+](=O)[O-])c2)s1)c1cccc(F)c1. The zero-order valence-electron chi connectivity index (χ0n) is 13.1. The number of nitro groups is 1. The third-order valence-corrected chi connectivity index (χ3v) is 5.24. The Morgan fingerprint density at radius 2 is 2.04 bits per heavy atom. The van der Waals surface area contributed by atoms with Crippen LogP contribution in [0.1, 0.15) is 15.9 Å². The van der Waals surface area contributed by atoms with E-state index in [0.717, 1.165) is 11.6 Å². The number of nitrogens with zero attached hydrogens (tertiary/aromatic N) is 3. The van der Waals surface area contributed by atoms with Gasteiger partial charge in [-0.15, -0.1) is 10.2 Å². The van der Waals surface area contributed by atoms with E-state index in [1.807, 2.05) is 0 Å². The molecule has 1 amide bonds. The Bertz CT molecular complexity index is 964. The molecule has 0 aliphatic rings. The lowest BCUT2D eigenvalue weighted by Gasteiger charge is -2.00. The number of hydrogen-bond acceptors (Lipinski definition) is 7. The highest BCUT2D eigenvalue weighted by Crippen LogP contribution is 2.29. The molecule has 3 aromatic rings. The number of aromatic nitrogens is 2. The van der Waals surface area contributed by atoms with Crippen molar-refractivity contribution in [3.63, 3.8) is 0 Å². The summed E-state index contributed by atoms with van der Waals surface area (Å²) < 4.78 is 13.8. The lowest BCUT2D eigenvalue weighted by molar-refractivity contribution is -0.384. The van der Waals surface area contributed by atoms with Crippen LogP contribution in [-0.2, 0) is 5.75 Å². The zero-order chi connectivity index (χ0) is 18.5. The van der Waals surface area contributed by atoms with E-state index in [0.29, 0.717) is 15.2 Å². The van der Waals surface area contributed by atoms with Crippen LogP contribution in [0.2, 0.25) is 0 Å². The summed E-state index contributed by atoms with van der Waals surface area (Å²) in [6, 6.07) is 11.7. The number of nitro benzene ring substituents is 1. The van der Waals surface area contributed by atoms with Gasteiger partial charge in [-0.2, -0.15) is 0 Å². The molecule has 3 rings (SSSR count). The Morgan fingerprint density at radius 3 is 2.81 bits per heavy atom. The number of thioether (sulfide) groups is 1. The lowest BCUT2D eigenvalue weighted by atomic mass is 10.2. The van der Waals surface area contributed by atoms with Gasteiger partial charge in [0.2, 0.25) is 5.13 Å². The fraction of sp³-hybridized carbons (Fsp3) is 0.0625. The maximum Gasteiger partial charge on any atom is 0.269 e. The van der Waals surface area contributed by atoms with Crippen molar-refractivity contribution in [2.75, 3.05) is 5.32 Å². The molecular weight excluding hydrogens is 379 g/mol. The van der Waals surface area contributed by atoms with Crippen molar-refractivity contribution in [3.8, 4) is 0 Å². The van der Waals surface area contributed by atoms with Crippen molar-refractivity contribution >= 4 is 39.8 Å². The van der Waals surface area contributed by atoms with Crippen molar-refractivity contribution in [1.29, 1.82) is 0 Å². The van der Waals surface area contributed by atoms with E-state index in [1.165, 1.54) is 53.4 Å². The number of halogens is 1. The minimum Gasteiger partial charge on any atom is -0.296 e. The highest BCUT2D eigenvalue weighted by atomic mass is 32.2. The molecule has 1 N–H and O–H groups in total. The summed E-state index contributed by atoms with van der Waals surface area (Å²) in [5.74, 6) is -0.493. The summed E-state index contributed by atoms with van der Waals surface area (Å²) in [7, 11) is 0. The molecular formula is C16H11FN4O3S2. The predicted molar refractivity (Wildman–Crippen MR) is 96.9 cm³/mol. The lowest BCUT2D eigenvalue weighted by Crippen LogP contribution is -2.11. The van der Waals surface area contributed by atoms with Gasteiger partial charge in [-0.25, -0.2) is 4.39 Å². The number of non-ortho nitro benzene ring substituents is 1. The third kappa shape index (κ3) is 4.61. The van der Waals surface area contributed by atoms with Crippen molar-refractivity contribution in [2.24, 2.45) is 0 Å². The number of carbonyl (C=O) groups excluding carboxylic acids is 1. The largest absolute Gasteiger partial charge is 0.296 e. The van der Waals surface area contributed by atoms with Crippen LogP contribution >= 0.6 is 23.1 Å². The third-order valence-electron chi connectivity index (χ3n) is 3.20. The minimum absolute atomic E-state index is 0.0309. The highest BCUT2D eigenvalue weighted by molar-refractivity contribution is 8.00. The monoisotopic (exact) mass is 390 g/mol. The Labute approximate surface area is 155 Å². The minimum atomic E-state index is -0.497. The van der Waals surface area contributed by atoms with Crippen LogP contribution in [-0.4, -0.2) is 21.0 Å². The normalized spacial score (nSPS) is 10.5. The van der Waals surface area contributed by atoms with E-state index in [4.69, 9.17) is 0 Å². The van der Waals surface area contributed by atoms with Crippen LogP contribution in [0, 0.1) is 15.9 Å². The van der Waals surface area contributed by atoms with Gasteiger partial charge in [-0.05, 0) is 23.8 Å². The fourth-order valence-electron chi connectivity index (χ4n) is 2.02. The van der Waals surface area contributed by atoms with Crippen LogP contribution in [0.25, 0.3) is 0 Å². The van der Waals surface area contributed by atoms with Crippen LogP contribution < -0.4 is 5.32 Å². The van der Waals surface area contributed by atoms with Gasteiger partial charge in [0.25, 0.3) is 11.6 Å². The molecule has 0 spiro atoms. The number of hydrogen-bond donors (Lipinski definition) is 1. The predicted octanol–water partition coefficient (Wildman–Crippen LogP) is 4.13. The van der Waals surface area contributed by atoms with E-state index < -0.39 is 16.6 Å². The first-order valence-corrected chi connectivity index (χ1v) is 9.08. The second-order valence-electron chi connectivity index (χ2n) is 5.05. The summed E-state index contributed by atoms with van der Waals surface area (Å²) in [4.78, 5) is 22.4. The fourth-order valence-corrected chi connectivity index (χ4v) is 3.71. The molecule has 7 nitrogen and oxygen atoms in total. The Hall–Kier alpha value is -2.85. The van der Waals surface area contributed by atoms with E-state index in [2.05, 4.69) is 15.5 Å². The Balaban J connectivity index is 1.60. The standard InChI is InChI=1S/C16H11FN4O3S2/c17-12-5-2-4-11(8-12)14(22)18-15-19-20-16(26-15)25-9-10-3-1-6-13(7-10)21(23)24/h1-8H,9H2,(H,18,19,22). The summed E-state index contributed by atoms with van der Waals surface area (Å²) in [6.07, 6.45) is 0. The molecule has 0 atom stereocenters. The molecule has 0 fully saturated rings. The molecule has 0 saturated heterocycles. The molecule has 0 radical (unpaired) electrons. The summed E-state index contributed by atoms with van der Waals surface area (Å²) in [6.45, 7) is 0. The molecule has 132 valence electrons. The van der Waals surface area contributed by atoms with Crippen LogP contribution in [0.4, 0.5) is 15.2 Å². The van der Waals surface area contributed by atoms with E-state index in [9.17, 15) is 19.3 Å². The molecule has 0 unspecified atom stereocenters. The van der Waals surface area contributed by atoms with Crippen molar-refractivity contribution in [2.45, 2.75) is 10.1 Å². The Kier molecular flexibility index (Phi) is 5.54. The molecule has 0 aliphatic carbocycles. The van der Waals surface area contributed by atoms with Crippen LogP contribution in [0.5, 0.6) is 0 Å². The number of carbonyl (C=O) groups is 1. The summed E-state index contributed by atoms with van der Waals surface area (Å²) in [5, 5.41) is 21.5. The van der Waals surface area contributed by atoms with Gasteiger partial charge in [0.05, 0.1) is 4.92 Å². The van der Waals surface area contributed by atoms with E-state index in [1.54, 1.807) is 12.1 Å². The average molecular weight is 390 g/mol. The van der Waals surface area contributed by atoms with Crippen LogP contribution in [0.15, 0.2) is 52.9 Å². The topological polar surface area (TPSA) is 98.0 Å². The Morgan fingerprint density at radius 1 is 1.23 bits per heavy atom. The van der Waals surface area contributed by atoms with Gasteiger partial charge >= 0.3 is 0 Å². The first kappa shape index (κ1) is 18.0. The second-order valence-corrected chi connectivity index (χ2v) is 7.25. The smallest absolute Gasteiger partial charge is 0.269 e. The van der Waals surface area contributed by atoms with Crippen molar-refractivity contribution in [3.05, 3.63) is 75.6 Å². The van der Waals surface area contributed by atoms with E-state index in [-0.39, 0.29) is 11.3 Å². The van der Waals surface area contributed by atoms with Gasteiger partial charge in [0.15, 0.2) is 4.34 Å². The second kappa shape index (κ2) is 8.02. The number of anilines is 1. The van der Waals surface area contributed by atoms with Gasteiger partial charge in [-0.1, -0.05) is 41.3 Å². The first-order valence-electron chi connectivity index (χ1n) is 7.28. The molecule has 26 heavy (non-hydrogen) atoms. The summed E-state index contributed by atoms with van der Waals surface area (Å²) >= 11 is 2.52. The molecule has 1 heterocycles. The van der Waals surface area contributed by atoms with Crippen molar-refractivity contribution < 1.29 is 14.1 Å². The summed E-state index contributed by atoms with van der Waals surface area (Å²) in [5.41, 5.74) is 0.999. The molecule has 10 heteroatoms. The molecule has 0 saturated carbocycles. The molecule has 2 aromatic carbocycles. The molecule has 1 aromatic heterocycles. The first-order chi connectivity index (χ1) is 12.5. The quantitative estimate of drug-likeness (QED) is 0.294. The van der Waals surface area contributed by atoms with E-state index >= 15 is 0 Å². The molecule has 0 aliphatic heterocycles. The maximum atomic E-state index is 13.2. The number of amides is 1. The molecule has 0 bridgehead atoms. The average Bonchev–Trinajstić information content (AvgIpc) is 3.07. The van der Waals surface area contributed by atoms with Gasteiger partial charge in [0.1, 0.15) is 5.82 Å². The van der Waals surface area contributed by atoms with Gasteiger partial charge < -0.3 is 0 Å². The number of benzene rings is 2. The van der Waals surface area contributed by atoms with Gasteiger partial charge in [-0.3, -0.25) is 20.2 Å². The number of rotatable bonds is 6. The highest BCUT2D eigenvalue weighted by Gasteiger charge is 2.12. The maximum absolute atomic E-state index is 13.2. The zero-order valence-corrected chi connectivity index (χ0v) is 14.7. The van der Waals surface area contributed by atoms with Crippen LogP contribution in [0.3, 0.4) is 0 Å². The van der Waals surface area contributed by atoms with Crippen molar-refractivity contribution in [1.82, 2.24) is 10.2 Å².